The van der Waals surface area contributed by atoms with Crippen LogP contribution in [0.3, 0.4) is 0 Å². The number of aliphatic carboxylic acids is 3. The van der Waals surface area contributed by atoms with E-state index < -0.39 is 46.6 Å². The largest absolute Gasteiger partial charge is 0.481 e. The van der Waals surface area contributed by atoms with Crippen LogP contribution in [0.4, 0.5) is 0 Å². The van der Waals surface area contributed by atoms with Crippen LogP contribution in [0.25, 0.3) is 0 Å². The van der Waals surface area contributed by atoms with Gasteiger partial charge in [0.05, 0.1) is 39.0 Å². The van der Waals surface area contributed by atoms with Crippen LogP contribution in [-0.4, -0.2) is 184 Å². The summed E-state index contributed by atoms with van der Waals surface area (Å²) in [5.74, 6) is -3.68. The van der Waals surface area contributed by atoms with Crippen LogP contribution in [0.15, 0.2) is 0 Å². The smallest absolute Gasteiger partial charge is 0.326 e. The summed E-state index contributed by atoms with van der Waals surface area (Å²) in [4.78, 5) is 120. The standard InChI is InChI=1S/C59H103N3O18S6/c1-44(39-82-83-40-45(2)59(75)81)52(65)36-49(47(4)63)42-85-84-41-46(3)86(76)43-48(57(71)72)22-19-20-28-60-54(67)37-80-35-33-78-31-29-61-55(68)38-79-34-32-77-30-21-23-50(64)26-27-51(58(73)74)62-53(66)24-17-15-13-11-9-7-5-6-8-10-12-14-16-18-25-56(69)70/h44-46,48-49,51H,5-43H2,1-4H3,(H,60,67)(H,61,68)(H,62,66)(H,69,70)(H,71,72)(H,73,74)(H,75,81)/t44-,45-,46-,48+,49-,51-,86?/m0/s1. The van der Waals surface area contributed by atoms with Crippen molar-refractivity contribution in [1.29, 1.82) is 0 Å². The number of carbonyl (C=O) groups excluding carboxylic acids is 7. The van der Waals surface area contributed by atoms with Crippen molar-refractivity contribution in [2.45, 2.75) is 193 Å². The molecule has 86 heavy (non-hydrogen) atoms. The Morgan fingerprint density at radius 1 is 0.488 bits per heavy atom. The second-order valence-electron chi connectivity index (χ2n) is 21.7. The third-order valence-electron chi connectivity index (χ3n) is 13.7. The molecule has 0 aliphatic heterocycles. The van der Waals surface area contributed by atoms with E-state index in [0.717, 1.165) is 44.9 Å². The monoisotopic (exact) mass is 1330 g/mol. The molecule has 0 rings (SSSR count). The normalized spacial score (nSPS) is 13.8. The Morgan fingerprint density at radius 3 is 1.52 bits per heavy atom. The molecule has 0 aromatic heterocycles. The molecule has 498 valence electrons. The van der Waals surface area contributed by atoms with Gasteiger partial charge in [-0.1, -0.05) is 140 Å². The first-order valence-corrected chi connectivity index (χ1v) is 37.4. The van der Waals surface area contributed by atoms with Crippen molar-refractivity contribution in [2.24, 2.45) is 23.7 Å². The van der Waals surface area contributed by atoms with Crippen molar-refractivity contribution >= 4 is 125 Å². The zero-order valence-corrected chi connectivity index (χ0v) is 56.5. The first-order valence-electron chi connectivity index (χ1n) is 30.6. The zero-order chi connectivity index (χ0) is 64.2. The lowest BCUT2D eigenvalue weighted by Crippen LogP contribution is -2.41. The second-order valence-corrected chi connectivity index (χ2v) is 29.1. The lowest BCUT2D eigenvalue weighted by Gasteiger charge is -2.17. The molecule has 0 aliphatic rings. The van der Waals surface area contributed by atoms with Crippen LogP contribution >= 0.6 is 55.8 Å². The first-order chi connectivity index (χ1) is 41.1. The van der Waals surface area contributed by atoms with E-state index in [0.29, 0.717) is 61.7 Å². The molecule has 7 atom stereocenters. The zero-order valence-electron chi connectivity index (χ0n) is 51.5. The molecule has 0 aromatic rings. The van der Waals surface area contributed by atoms with Gasteiger partial charge in [-0.3, -0.25) is 47.4 Å². The van der Waals surface area contributed by atoms with Crippen LogP contribution in [0.5, 0.6) is 0 Å². The summed E-state index contributed by atoms with van der Waals surface area (Å²) in [7, 11) is 4.52. The maximum absolute atomic E-state index is 13.1. The third kappa shape index (κ3) is 51.0. The van der Waals surface area contributed by atoms with Gasteiger partial charge in [-0.2, -0.15) is 0 Å². The topological polar surface area (TPSA) is 321 Å². The molecule has 0 saturated carbocycles. The molecule has 0 aromatic carbocycles. The summed E-state index contributed by atoms with van der Waals surface area (Å²) < 4.78 is 34.6. The van der Waals surface area contributed by atoms with Gasteiger partial charge in [0, 0.05) is 114 Å². The predicted molar refractivity (Wildman–Crippen MR) is 347 cm³/mol. The molecule has 0 spiro atoms. The molecule has 0 saturated heterocycles. The molecular formula is C59H103N3O18S6. The number of hydrogen-bond donors (Lipinski definition) is 7. The minimum Gasteiger partial charge on any atom is -0.481 e. The van der Waals surface area contributed by atoms with E-state index in [2.05, 4.69) is 28.6 Å². The second kappa shape index (κ2) is 56.2. The van der Waals surface area contributed by atoms with Crippen LogP contribution in [-0.2, 0) is 77.7 Å². The molecule has 27 heteroatoms. The fourth-order valence-corrected chi connectivity index (χ4v) is 15.7. The number of rotatable bonds is 63. The van der Waals surface area contributed by atoms with Gasteiger partial charge in [0.2, 0.25) is 17.7 Å². The number of carboxylic acids is 3. The number of unbranched alkanes of at least 4 members (excludes halogenated alkanes) is 14. The number of Topliss-reactive ketones (excluding diaryl/α,β-unsaturated/α-hetero) is 3. The molecule has 1 unspecified atom stereocenters. The Balaban J connectivity index is 3.93. The number of thiol groups is 1. The molecule has 0 heterocycles. The highest BCUT2D eigenvalue weighted by Crippen LogP contribution is 2.31. The summed E-state index contributed by atoms with van der Waals surface area (Å²) in [6.45, 7) is 8.28. The van der Waals surface area contributed by atoms with E-state index >= 15 is 0 Å². The fourth-order valence-electron chi connectivity index (χ4n) is 8.11. The summed E-state index contributed by atoms with van der Waals surface area (Å²) in [6.07, 6.45) is 17.6. The highest BCUT2D eigenvalue weighted by atomic mass is 33.1. The highest BCUT2D eigenvalue weighted by molar-refractivity contribution is 8.77. The Bertz CT molecular complexity index is 1960. The van der Waals surface area contributed by atoms with E-state index in [1.807, 2.05) is 6.92 Å². The van der Waals surface area contributed by atoms with Crippen molar-refractivity contribution in [1.82, 2.24) is 16.0 Å². The minimum absolute atomic E-state index is 0.00191. The minimum atomic E-state index is -1.41. The van der Waals surface area contributed by atoms with Crippen molar-refractivity contribution in [2.75, 3.05) is 94.7 Å². The van der Waals surface area contributed by atoms with Gasteiger partial charge in [-0.05, 0) is 52.4 Å². The Hall–Kier alpha value is -2.76. The lowest BCUT2D eigenvalue weighted by molar-refractivity contribution is -0.142. The van der Waals surface area contributed by atoms with E-state index in [1.54, 1.807) is 13.8 Å². The van der Waals surface area contributed by atoms with Gasteiger partial charge >= 0.3 is 17.9 Å². The van der Waals surface area contributed by atoms with Gasteiger partial charge in [0.25, 0.3) is 0 Å². The lowest BCUT2D eigenvalue weighted by atomic mass is 9.95. The Labute approximate surface area is 535 Å². The summed E-state index contributed by atoms with van der Waals surface area (Å²) >= 11 is 3.85. The van der Waals surface area contributed by atoms with Crippen molar-refractivity contribution < 1.29 is 86.4 Å². The fraction of sp³-hybridized carbons (Fsp3) is 0.831. The van der Waals surface area contributed by atoms with Crippen molar-refractivity contribution in [3.63, 3.8) is 0 Å². The number of hydrogen-bond acceptors (Lipinski definition) is 19. The van der Waals surface area contributed by atoms with E-state index in [4.69, 9.17) is 24.1 Å². The molecule has 0 fully saturated rings. The van der Waals surface area contributed by atoms with E-state index in [9.17, 15) is 62.4 Å². The number of carboxylic acid groups (broad SMARTS) is 3. The molecule has 3 amide bonds. The molecular weight excluding hydrogens is 1230 g/mol. The third-order valence-corrected chi connectivity index (χ3v) is 21.6. The maximum Gasteiger partial charge on any atom is 0.326 e. The number of ketones is 3. The molecule has 0 radical (unpaired) electrons. The van der Waals surface area contributed by atoms with Gasteiger partial charge in [-0.25, -0.2) is 4.79 Å². The summed E-state index contributed by atoms with van der Waals surface area (Å²) in [5.41, 5.74) is 0. The first kappa shape index (κ1) is 83.2. The van der Waals surface area contributed by atoms with Crippen LogP contribution in [0.1, 0.15) is 182 Å². The Morgan fingerprint density at radius 2 is 0.988 bits per heavy atom. The quantitative estimate of drug-likeness (QED) is 0.0170. The van der Waals surface area contributed by atoms with E-state index in [1.165, 1.54) is 88.6 Å². The summed E-state index contributed by atoms with van der Waals surface area (Å²) in [6, 6.07) is -1.12. The van der Waals surface area contributed by atoms with Gasteiger partial charge in [0.1, 0.15) is 36.6 Å². The van der Waals surface area contributed by atoms with Crippen molar-refractivity contribution in [3.8, 4) is 0 Å². The number of ether oxygens (including phenoxy) is 4. The van der Waals surface area contributed by atoms with Crippen molar-refractivity contribution in [3.05, 3.63) is 0 Å². The van der Waals surface area contributed by atoms with Crippen LogP contribution in [0.2, 0.25) is 0 Å². The van der Waals surface area contributed by atoms with Crippen LogP contribution in [0, 0.1) is 23.7 Å². The summed E-state index contributed by atoms with van der Waals surface area (Å²) in [5, 5.41) is 35.5. The maximum atomic E-state index is 13.1. The average Bonchev–Trinajstić information content (AvgIpc) is 3.56. The SMILES string of the molecule is CC(=O)[C@H](CSSC[C@H](C)S(=O)C[C@@H](CCCCNC(=O)COCCOCCNC(=O)COCCOCCCC(=O)CC[C@H](NC(=O)CCCCCCCCCCCCCCCCC(=O)O)C(=O)O)C(=O)O)CC(=O)[C@@H](C)CSSC[C@H](C)C(=O)S. The van der Waals surface area contributed by atoms with Gasteiger partial charge < -0.3 is 50.2 Å². The molecule has 0 aliphatic carbocycles. The number of amides is 3. The molecule has 6 N–H and O–H groups in total. The van der Waals surface area contributed by atoms with E-state index in [-0.39, 0.29) is 161 Å². The average molecular weight is 1330 g/mol. The van der Waals surface area contributed by atoms with Gasteiger partial charge in [0.15, 0.2) is 5.12 Å². The Kier molecular flexibility index (Phi) is 54.4. The number of nitrogens with one attached hydrogen (secondary N) is 3. The van der Waals surface area contributed by atoms with Gasteiger partial charge in [-0.15, -0.1) is 12.6 Å². The van der Waals surface area contributed by atoms with Crippen LogP contribution < -0.4 is 16.0 Å². The highest BCUT2D eigenvalue weighted by Gasteiger charge is 2.26. The predicted octanol–water partition coefficient (Wildman–Crippen LogP) is 8.97. The molecule has 21 nitrogen and oxygen atoms in total. The molecule has 0 bridgehead atoms. The number of carbonyl (C=O) groups is 10.